The summed E-state index contributed by atoms with van der Waals surface area (Å²) in [5, 5.41) is 20.8. The summed E-state index contributed by atoms with van der Waals surface area (Å²) in [4.78, 5) is 12.7. The van der Waals surface area contributed by atoms with Gasteiger partial charge in [-0.1, -0.05) is 43.9 Å². The van der Waals surface area contributed by atoms with Crippen molar-refractivity contribution in [3.8, 4) is 0 Å². The number of benzene rings is 1. The Morgan fingerprint density at radius 1 is 1.10 bits per heavy atom. The standard InChI is InChI=1S/C25H40O4S/c1-19(2)29-25(28)13-9-4-3-6-10-20-14-17-24(27)23(20)16-15-21(26)18-30-22-11-7-5-8-12-22/h5,7-8,11-12,19-21,23-24,26-27H,3-4,6,9-10,13-18H2,1-2H3/t20-,21?,23+,24+/m0/s1. The van der Waals surface area contributed by atoms with Crippen molar-refractivity contribution in [1.29, 1.82) is 0 Å². The molecule has 2 N–H and O–H groups in total. The van der Waals surface area contributed by atoms with Gasteiger partial charge >= 0.3 is 5.97 Å². The average Bonchev–Trinajstić information content (AvgIpc) is 3.07. The van der Waals surface area contributed by atoms with Gasteiger partial charge in [-0.05, 0) is 69.9 Å². The molecule has 1 aliphatic carbocycles. The number of hydrogen-bond donors (Lipinski definition) is 2. The Hall–Kier alpha value is -1.04. The molecule has 1 saturated carbocycles. The molecular weight excluding hydrogens is 396 g/mol. The minimum atomic E-state index is -0.325. The lowest BCUT2D eigenvalue weighted by Gasteiger charge is -2.23. The summed E-state index contributed by atoms with van der Waals surface area (Å²) in [5.41, 5.74) is 0. The molecule has 1 unspecified atom stereocenters. The van der Waals surface area contributed by atoms with Gasteiger partial charge in [0.15, 0.2) is 0 Å². The third-order valence-corrected chi connectivity index (χ3v) is 7.18. The fraction of sp³-hybridized carbons (Fsp3) is 0.720. The van der Waals surface area contributed by atoms with Gasteiger partial charge in [0.2, 0.25) is 0 Å². The molecule has 0 amide bonds. The number of esters is 1. The predicted octanol–water partition coefficient (Wildman–Crippen LogP) is 5.60. The largest absolute Gasteiger partial charge is 0.463 e. The zero-order valence-corrected chi connectivity index (χ0v) is 19.5. The van der Waals surface area contributed by atoms with Gasteiger partial charge in [0, 0.05) is 17.1 Å². The van der Waals surface area contributed by atoms with E-state index in [1.165, 1.54) is 4.90 Å². The van der Waals surface area contributed by atoms with Crippen LogP contribution in [0.15, 0.2) is 35.2 Å². The summed E-state index contributed by atoms with van der Waals surface area (Å²) in [6.07, 6.45) is 8.99. The highest BCUT2D eigenvalue weighted by Crippen LogP contribution is 2.39. The van der Waals surface area contributed by atoms with Crippen LogP contribution in [0, 0.1) is 11.8 Å². The summed E-state index contributed by atoms with van der Waals surface area (Å²) >= 11 is 1.69. The van der Waals surface area contributed by atoms with Crippen molar-refractivity contribution >= 4 is 17.7 Å². The first-order chi connectivity index (χ1) is 14.5. The molecule has 0 saturated heterocycles. The molecule has 0 heterocycles. The van der Waals surface area contributed by atoms with E-state index >= 15 is 0 Å². The lowest BCUT2D eigenvalue weighted by molar-refractivity contribution is -0.147. The minimum Gasteiger partial charge on any atom is -0.463 e. The van der Waals surface area contributed by atoms with Gasteiger partial charge in [0.05, 0.1) is 18.3 Å². The van der Waals surface area contributed by atoms with Crippen LogP contribution in [-0.2, 0) is 9.53 Å². The number of carbonyl (C=O) groups is 1. The molecule has 1 fully saturated rings. The molecule has 4 atom stereocenters. The number of aliphatic hydroxyl groups excluding tert-OH is 2. The Balaban J connectivity index is 1.59. The average molecular weight is 437 g/mol. The number of thioether (sulfide) groups is 1. The molecule has 1 aromatic carbocycles. The van der Waals surface area contributed by atoms with Gasteiger partial charge in [-0.3, -0.25) is 4.79 Å². The summed E-state index contributed by atoms with van der Waals surface area (Å²) in [7, 11) is 0. The van der Waals surface area contributed by atoms with Gasteiger partial charge in [-0.15, -0.1) is 11.8 Å². The monoisotopic (exact) mass is 436 g/mol. The fourth-order valence-corrected chi connectivity index (χ4v) is 5.34. The van der Waals surface area contributed by atoms with E-state index in [2.05, 4.69) is 12.1 Å². The molecule has 2 rings (SSSR count). The van der Waals surface area contributed by atoms with Crippen molar-refractivity contribution in [1.82, 2.24) is 0 Å². The Morgan fingerprint density at radius 2 is 1.83 bits per heavy atom. The predicted molar refractivity (Wildman–Crippen MR) is 124 cm³/mol. The summed E-state index contributed by atoms with van der Waals surface area (Å²) < 4.78 is 5.16. The van der Waals surface area contributed by atoms with Crippen LogP contribution in [0.2, 0.25) is 0 Å². The second-order valence-corrected chi connectivity index (χ2v) is 10.0. The van der Waals surface area contributed by atoms with Gasteiger partial charge in [0.1, 0.15) is 0 Å². The van der Waals surface area contributed by atoms with E-state index in [1.807, 2.05) is 32.0 Å². The Kier molecular flexibility index (Phi) is 11.9. The van der Waals surface area contributed by atoms with E-state index in [0.29, 0.717) is 24.0 Å². The zero-order chi connectivity index (χ0) is 21.8. The molecule has 1 aliphatic rings. The van der Waals surface area contributed by atoms with Crippen LogP contribution in [0.5, 0.6) is 0 Å². The van der Waals surface area contributed by atoms with Crippen molar-refractivity contribution in [2.24, 2.45) is 11.8 Å². The second kappa shape index (κ2) is 14.1. The molecule has 0 aliphatic heterocycles. The summed E-state index contributed by atoms with van der Waals surface area (Å²) in [6.45, 7) is 3.76. The maximum atomic E-state index is 11.6. The third kappa shape index (κ3) is 9.84. The van der Waals surface area contributed by atoms with E-state index in [1.54, 1.807) is 11.8 Å². The SMILES string of the molecule is CC(C)OC(=O)CCCCCC[C@H]1CC[C@@H](O)[C@@H]1CCC(O)CSc1ccccc1. The minimum absolute atomic E-state index is 0.0290. The van der Waals surface area contributed by atoms with Crippen LogP contribution in [-0.4, -0.2) is 40.2 Å². The molecule has 1 aromatic rings. The van der Waals surface area contributed by atoms with Crippen LogP contribution in [0.4, 0.5) is 0 Å². The Bertz CT molecular complexity index is 592. The van der Waals surface area contributed by atoms with E-state index in [9.17, 15) is 15.0 Å². The van der Waals surface area contributed by atoms with Crippen molar-refractivity contribution in [2.75, 3.05) is 5.75 Å². The quantitative estimate of drug-likeness (QED) is 0.226. The topological polar surface area (TPSA) is 66.8 Å². The highest BCUT2D eigenvalue weighted by Gasteiger charge is 2.34. The molecule has 0 bridgehead atoms. The molecular formula is C25H40O4S. The van der Waals surface area contributed by atoms with Crippen molar-refractivity contribution in [3.05, 3.63) is 30.3 Å². The third-order valence-electron chi connectivity index (χ3n) is 6.02. The number of rotatable bonds is 14. The van der Waals surface area contributed by atoms with Gasteiger partial charge in [-0.25, -0.2) is 0 Å². The van der Waals surface area contributed by atoms with Gasteiger partial charge < -0.3 is 14.9 Å². The number of carbonyl (C=O) groups excluding carboxylic acids is 1. The normalized spacial score (nSPS) is 22.4. The van der Waals surface area contributed by atoms with E-state index in [-0.39, 0.29) is 24.3 Å². The fourth-order valence-electron chi connectivity index (χ4n) is 4.44. The molecule has 5 heteroatoms. The first-order valence-electron chi connectivity index (χ1n) is 11.7. The highest BCUT2D eigenvalue weighted by molar-refractivity contribution is 7.99. The highest BCUT2D eigenvalue weighted by atomic mass is 32.2. The number of ether oxygens (including phenoxy) is 1. The van der Waals surface area contributed by atoms with Crippen molar-refractivity contribution in [2.45, 2.75) is 101 Å². The lowest BCUT2D eigenvalue weighted by atomic mass is 9.86. The van der Waals surface area contributed by atoms with Crippen LogP contribution in [0.3, 0.4) is 0 Å². The molecule has 4 nitrogen and oxygen atoms in total. The molecule has 0 radical (unpaired) electrons. The van der Waals surface area contributed by atoms with E-state index in [0.717, 1.165) is 57.8 Å². The van der Waals surface area contributed by atoms with Gasteiger partial charge in [0.25, 0.3) is 0 Å². The van der Waals surface area contributed by atoms with Crippen LogP contribution < -0.4 is 0 Å². The number of hydrogen-bond acceptors (Lipinski definition) is 5. The summed E-state index contributed by atoms with van der Waals surface area (Å²) in [5.74, 6) is 1.51. The molecule has 170 valence electrons. The maximum absolute atomic E-state index is 11.6. The summed E-state index contributed by atoms with van der Waals surface area (Å²) in [6, 6.07) is 10.2. The van der Waals surface area contributed by atoms with Crippen molar-refractivity contribution in [3.63, 3.8) is 0 Å². The van der Waals surface area contributed by atoms with E-state index in [4.69, 9.17) is 4.74 Å². The zero-order valence-electron chi connectivity index (χ0n) is 18.7. The molecule has 0 spiro atoms. The van der Waals surface area contributed by atoms with Gasteiger partial charge in [-0.2, -0.15) is 0 Å². The maximum Gasteiger partial charge on any atom is 0.306 e. The van der Waals surface area contributed by atoms with E-state index < -0.39 is 0 Å². The number of aliphatic hydroxyl groups is 2. The first kappa shape index (κ1) is 25.2. The van der Waals surface area contributed by atoms with Crippen LogP contribution >= 0.6 is 11.8 Å². The second-order valence-electron chi connectivity index (χ2n) is 8.92. The lowest BCUT2D eigenvalue weighted by Crippen LogP contribution is -2.22. The Labute approximate surface area is 186 Å². The first-order valence-corrected chi connectivity index (χ1v) is 12.7. The van der Waals surface area contributed by atoms with Crippen LogP contribution in [0.25, 0.3) is 0 Å². The molecule has 0 aromatic heterocycles. The number of unbranched alkanes of at least 4 members (excludes halogenated alkanes) is 3. The van der Waals surface area contributed by atoms with Crippen molar-refractivity contribution < 1.29 is 19.7 Å². The smallest absolute Gasteiger partial charge is 0.306 e. The Morgan fingerprint density at radius 3 is 2.57 bits per heavy atom. The van der Waals surface area contributed by atoms with Crippen LogP contribution in [0.1, 0.15) is 78.1 Å². The molecule has 30 heavy (non-hydrogen) atoms.